The minimum atomic E-state index is -1.46. The fourth-order valence-corrected chi connectivity index (χ4v) is 1.38. The van der Waals surface area contributed by atoms with Crippen molar-refractivity contribution < 1.29 is 23.5 Å². The molecule has 0 bridgehead atoms. The Hall–Kier alpha value is -2.18. The third kappa shape index (κ3) is 3.91. The fraction of sp³-hybridized carbons (Fsp3) is 0.385. The molecule has 0 radical (unpaired) electrons. The summed E-state index contributed by atoms with van der Waals surface area (Å²) in [5, 5.41) is 13.7. The number of hydrogen-bond donors (Lipinski definition) is 3. The second kappa shape index (κ2) is 5.85. The lowest BCUT2D eigenvalue weighted by Gasteiger charge is -2.24. The summed E-state index contributed by atoms with van der Waals surface area (Å²) in [7, 11) is 0. The molecular weight excluding hydrogens is 270 g/mol. The highest BCUT2D eigenvalue weighted by Gasteiger charge is 2.21. The molecule has 0 fully saturated rings. The van der Waals surface area contributed by atoms with Gasteiger partial charge in [0.05, 0.1) is 11.3 Å². The zero-order valence-electron chi connectivity index (χ0n) is 11.4. The van der Waals surface area contributed by atoms with Crippen molar-refractivity contribution in [2.45, 2.75) is 32.7 Å². The molecule has 0 saturated heterocycles. The molecule has 1 rings (SSSR count). The van der Waals surface area contributed by atoms with Gasteiger partial charge in [0.1, 0.15) is 0 Å². The Kier molecular flexibility index (Phi) is 4.65. The van der Waals surface area contributed by atoms with Crippen LogP contribution in [0.5, 0.6) is 0 Å². The third-order valence-electron chi connectivity index (χ3n) is 2.87. The smallest absolute Gasteiger partial charge is 0.337 e. The quantitative estimate of drug-likeness (QED) is 0.796. The summed E-state index contributed by atoms with van der Waals surface area (Å²) < 4.78 is 26.2. The number of hydrogen-bond acceptors (Lipinski definition) is 2. The normalized spacial score (nSPS) is 11.1. The van der Waals surface area contributed by atoms with E-state index < -0.39 is 34.7 Å². The SMILES string of the molecule is CCC(C)(C)NC(=O)Nc1cc(F)c(F)cc1C(=O)O. The van der Waals surface area contributed by atoms with Crippen molar-refractivity contribution in [3.8, 4) is 0 Å². The predicted molar refractivity (Wildman–Crippen MR) is 69.8 cm³/mol. The number of anilines is 1. The number of rotatable bonds is 4. The lowest BCUT2D eigenvalue weighted by molar-refractivity contribution is 0.0697. The van der Waals surface area contributed by atoms with Crippen molar-refractivity contribution in [1.82, 2.24) is 5.32 Å². The highest BCUT2D eigenvalue weighted by atomic mass is 19.2. The van der Waals surface area contributed by atoms with Crippen LogP contribution in [0.3, 0.4) is 0 Å². The number of benzene rings is 1. The molecule has 0 heterocycles. The number of halogens is 2. The molecule has 0 aliphatic rings. The topological polar surface area (TPSA) is 78.4 Å². The first kappa shape index (κ1) is 15.9. The Morgan fingerprint density at radius 2 is 1.80 bits per heavy atom. The molecule has 0 aliphatic carbocycles. The minimum Gasteiger partial charge on any atom is -0.478 e. The third-order valence-corrected chi connectivity index (χ3v) is 2.87. The van der Waals surface area contributed by atoms with Crippen LogP contribution in [-0.4, -0.2) is 22.6 Å². The summed E-state index contributed by atoms with van der Waals surface area (Å²) in [6, 6.07) is 0.473. The molecule has 0 saturated carbocycles. The first-order valence-corrected chi connectivity index (χ1v) is 5.98. The van der Waals surface area contributed by atoms with E-state index in [4.69, 9.17) is 5.11 Å². The molecule has 1 aromatic carbocycles. The molecule has 1 aromatic rings. The molecule has 7 heteroatoms. The van der Waals surface area contributed by atoms with Gasteiger partial charge in [0.2, 0.25) is 0 Å². The van der Waals surface area contributed by atoms with Crippen LogP contribution in [0, 0.1) is 11.6 Å². The molecule has 3 N–H and O–H groups in total. The number of aromatic carboxylic acids is 1. The van der Waals surface area contributed by atoms with E-state index in [0.29, 0.717) is 18.6 Å². The van der Waals surface area contributed by atoms with Crippen LogP contribution < -0.4 is 10.6 Å². The van der Waals surface area contributed by atoms with Gasteiger partial charge < -0.3 is 15.7 Å². The molecule has 2 amide bonds. The van der Waals surface area contributed by atoms with E-state index in [1.807, 2.05) is 6.92 Å². The maximum Gasteiger partial charge on any atom is 0.337 e. The molecule has 20 heavy (non-hydrogen) atoms. The summed E-state index contributed by atoms with van der Waals surface area (Å²) in [4.78, 5) is 22.7. The first-order valence-electron chi connectivity index (χ1n) is 5.98. The van der Waals surface area contributed by atoms with Gasteiger partial charge in [-0.2, -0.15) is 0 Å². The second-order valence-electron chi connectivity index (χ2n) is 4.93. The van der Waals surface area contributed by atoms with Crippen molar-refractivity contribution in [3.63, 3.8) is 0 Å². The van der Waals surface area contributed by atoms with Gasteiger partial charge in [-0.25, -0.2) is 18.4 Å². The lowest BCUT2D eigenvalue weighted by atomic mass is 10.0. The minimum absolute atomic E-state index is 0.305. The number of nitrogens with one attached hydrogen (secondary N) is 2. The van der Waals surface area contributed by atoms with Gasteiger partial charge in [-0.05, 0) is 26.3 Å². The Morgan fingerprint density at radius 1 is 1.25 bits per heavy atom. The van der Waals surface area contributed by atoms with Crippen molar-refractivity contribution in [2.75, 3.05) is 5.32 Å². The largest absolute Gasteiger partial charge is 0.478 e. The summed E-state index contributed by atoms with van der Waals surface area (Å²) in [5.41, 5.74) is -1.33. The van der Waals surface area contributed by atoms with E-state index in [1.165, 1.54) is 0 Å². The summed E-state index contributed by atoms with van der Waals surface area (Å²) in [6.45, 7) is 5.41. The maximum absolute atomic E-state index is 13.1. The second-order valence-corrected chi connectivity index (χ2v) is 4.93. The highest BCUT2D eigenvalue weighted by Crippen LogP contribution is 2.20. The van der Waals surface area contributed by atoms with E-state index in [-0.39, 0.29) is 5.69 Å². The van der Waals surface area contributed by atoms with Gasteiger partial charge in [0.25, 0.3) is 0 Å². The van der Waals surface area contributed by atoms with Crippen molar-refractivity contribution >= 4 is 17.7 Å². The molecule has 0 unspecified atom stereocenters. The Labute approximate surface area is 115 Å². The Morgan fingerprint density at radius 3 is 2.30 bits per heavy atom. The van der Waals surface area contributed by atoms with Gasteiger partial charge >= 0.3 is 12.0 Å². The van der Waals surface area contributed by atoms with Crippen LogP contribution >= 0.6 is 0 Å². The molecule has 0 aliphatic heterocycles. The van der Waals surface area contributed by atoms with Crippen LogP contribution in [0.25, 0.3) is 0 Å². The van der Waals surface area contributed by atoms with Gasteiger partial charge in [-0.1, -0.05) is 6.92 Å². The van der Waals surface area contributed by atoms with Gasteiger partial charge in [0.15, 0.2) is 11.6 Å². The number of carboxylic acid groups (broad SMARTS) is 1. The van der Waals surface area contributed by atoms with E-state index in [0.717, 1.165) is 0 Å². The number of urea groups is 1. The van der Waals surface area contributed by atoms with E-state index in [2.05, 4.69) is 10.6 Å². The highest BCUT2D eigenvalue weighted by molar-refractivity contribution is 6.00. The number of amides is 2. The predicted octanol–water partition coefficient (Wildman–Crippen LogP) is 2.97. The first-order chi connectivity index (χ1) is 9.16. The molecule has 5 nitrogen and oxygen atoms in total. The summed E-state index contributed by atoms with van der Waals surface area (Å²) >= 11 is 0. The monoisotopic (exact) mass is 286 g/mol. The fourth-order valence-electron chi connectivity index (χ4n) is 1.38. The van der Waals surface area contributed by atoms with E-state index >= 15 is 0 Å². The van der Waals surface area contributed by atoms with Crippen LogP contribution in [0.1, 0.15) is 37.6 Å². The lowest BCUT2D eigenvalue weighted by Crippen LogP contribution is -2.45. The number of carbonyl (C=O) groups excluding carboxylic acids is 1. The van der Waals surface area contributed by atoms with Gasteiger partial charge in [-0.15, -0.1) is 0 Å². The van der Waals surface area contributed by atoms with Crippen molar-refractivity contribution in [3.05, 3.63) is 29.3 Å². The molecule has 0 aromatic heterocycles. The summed E-state index contributed by atoms with van der Waals surface area (Å²) in [6.07, 6.45) is 0.643. The van der Waals surface area contributed by atoms with Gasteiger partial charge in [0, 0.05) is 11.6 Å². The van der Waals surface area contributed by atoms with Crippen LogP contribution in [0.2, 0.25) is 0 Å². The number of carbonyl (C=O) groups is 2. The standard InChI is InChI=1S/C13H16F2N2O3/c1-4-13(2,3)17-12(20)16-10-6-9(15)8(14)5-7(10)11(18)19/h5-6H,4H2,1-3H3,(H,18,19)(H2,16,17,20). The Bertz CT molecular complexity index is 545. The zero-order valence-corrected chi connectivity index (χ0v) is 11.4. The Balaban J connectivity index is 3.00. The average Bonchev–Trinajstić information content (AvgIpc) is 2.32. The van der Waals surface area contributed by atoms with Gasteiger partial charge in [-0.3, -0.25) is 0 Å². The maximum atomic E-state index is 13.1. The van der Waals surface area contributed by atoms with Crippen LogP contribution in [0.4, 0.5) is 19.3 Å². The van der Waals surface area contributed by atoms with Crippen LogP contribution in [0.15, 0.2) is 12.1 Å². The van der Waals surface area contributed by atoms with Crippen molar-refractivity contribution in [2.24, 2.45) is 0 Å². The van der Waals surface area contributed by atoms with E-state index in [9.17, 15) is 18.4 Å². The van der Waals surface area contributed by atoms with Crippen LogP contribution in [-0.2, 0) is 0 Å². The average molecular weight is 286 g/mol. The molecular formula is C13H16F2N2O3. The molecule has 0 atom stereocenters. The number of carboxylic acids is 1. The molecule has 0 spiro atoms. The zero-order chi connectivity index (χ0) is 15.5. The molecule has 110 valence electrons. The van der Waals surface area contributed by atoms with Crippen molar-refractivity contribution in [1.29, 1.82) is 0 Å². The summed E-state index contributed by atoms with van der Waals surface area (Å²) in [5.74, 6) is -3.99. The van der Waals surface area contributed by atoms with E-state index in [1.54, 1.807) is 13.8 Å².